The zero-order valence-corrected chi connectivity index (χ0v) is 26.7. The van der Waals surface area contributed by atoms with E-state index in [2.05, 4.69) is 42.5 Å². The van der Waals surface area contributed by atoms with Crippen LogP contribution in [0.4, 0.5) is 0 Å². The summed E-state index contributed by atoms with van der Waals surface area (Å²) >= 11 is 0. The van der Waals surface area contributed by atoms with Crippen molar-refractivity contribution < 1.29 is 2.85 Å². The monoisotopic (exact) mass is 578 g/mol. The Kier molecular flexibility index (Phi) is 8.45. The summed E-state index contributed by atoms with van der Waals surface area (Å²) in [7, 11) is 0. The number of hydrogen-bond acceptors (Lipinski definition) is 8. The second-order valence-electron chi connectivity index (χ2n) is 15.6. The fraction of sp³-hybridized carbons (Fsp3) is 1.00. The summed E-state index contributed by atoms with van der Waals surface area (Å²) in [4.78, 5) is 0. The summed E-state index contributed by atoms with van der Waals surface area (Å²) in [5.41, 5.74) is 0. The molecule has 9 heteroatoms. The maximum Gasteiger partial charge on any atom is 2.00 e. The molecule has 9 fully saturated rings. The van der Waals surface area contributed by atoms with E-state index in [0.29, 0.717) is 49.3 Å². The van der Waals surface area contributed by atoms with E-state index in [0.717, 1.165) is 47.3 Å². The van der Waals surface area contributed by atoms with E-state index < -0.39 is 0 Å². The first-order valence-electron chi connectivity index (χ1n) is 17.9. The van der Waals surface area contributed by atoms with Crippen LogP contribution in [0.15, 0.2) is 0 Å². The van der Waals surface area contributed by atoms with Gasteiger partial charge in [-0.1, -0.05) is 51.4 Å². The van der Waals surface area contributed by atoms with Crippen LogP contribution >= 0.6 is 0 Å². The smallest absolute Gasteiger partial charge is 1.00 e. The molecule has 228 valence electrons. The summed E-state index contributed by atoms with van der Waals surface area (Å²) in [5.74, 6) is 5.97. The van der Waals surface area contributed by atoms with Gasteiger partial charge >= 0.3 is 23.1 Å². The summed E-state index contributed by atoms with van der Waals surface area (Å²) in [6.45, 7) is 0. The fourth-order valence-electron chi connectivity index (χ4n) is 12.0. The standard InChI is InChI=1S/C32H56N8.Mg.2H/c1-2-10-18-17(9-1)25-33-26(18)38-28-21-13-5-6-14-22(21)30(35-28)40-32-24-16-8-7-15-23(24)31(36-32)39-29-20-12-4-3-11-19(20)27(34-29)37-25;;;/h17-40H,1-16H2;;;/q;+2;2*-1. The van der Waals surface area contributed by atoms with Crippen molar-refractivity contribution in [1.82, 2.24) is 42.5 Å². The topological polar surface area (TPSA) is 96.2 Å². The minimum atomic E-state index is 0. The minimum absolute atomic E-state index is 0. The third kappa shape index (κ3) is 5.08. The molecule has 8 atom stereocenters. The number of rotatable bonds is 0. The third-order valence-electron chi connectivity index (χ3n) is 13.8. The molecule has 0 aromatic carbocycles. The zero-order chi connectivity index (χ0) is 26.2. The minimum Gasteiger partial charge on any atom is -1.00 e. The van der Waals surface area contributed by atoms with Gasteiger partial charge in [0.2, 0.25) is 0 Å². The molecular weight excluding hydrogens is 521 g/mol. The molecular formula is C32H58MgN8. The molecule has 0 spiro atoms. The van der Waals surface area contributed by atoms with Gasteiger partial charge in [-0.05, 0) is 98.7 Å². The third-order valence-corrected chi connectivity index (χ3v) is 13.8. The Balaban J connectivity index is 0.00000110. The molecule has 0 aromatic heterocycles. The average molecular weight is 579 g/mol. The Labute approximate surface area is 267 Å². The Bertz CT molecular complexity index is 728. The predicted molar refractivity (Wildman–Crippen MR) is 165 cm³/mol. The maximum atomic E-state index is 4.26. The molecule has 9 aliphatic rings. The Hall–Kier alpha value is 0.446. The van der Waals surface area contributed by atoms with Crippen molar-refractivity contribution >= 4 is 23.1 Å². The van der Waals surface area contributed by atoms with Crippen LogP contribution in [0.1, 0.15) is 106 Å². The van der Waals surface area contributed by atoms with Crippen molar-refractivity contribution in [1.29, 1.82) is 0 Å². The first kappa shape index (κ1) is 28.9. The van der Waals surface area contributed by atoms with Crippen molar-refractivity contribution in [3.8, 4) is 0 Å². The van der Waals surface area contributed by atoms with Crippen LogP contribution in [0.2, 0.25) is 0 Å². The molecule has 4 saturated carbocycles. The Morgan fingerprint density at radius 1 is 0.244 bits per heavy atom. The molecule has 5 aliphatic heterocycles. The molecule has 8 bridgehead atoms. The second kappa shape index (κ2) is 12.0. The van der Waals surface area contributed by atoms with Gasteiger partial charge in [0.15, 0.2) is 0 Å². The molecule has 8 unspecified atom stereocenters. The number of fused-ring (bicyclic) bond motifs is 20. The zero-order valence-electron chi connectivity index (χ0n) is 27.3. The average Bonchev–Trinajstić information content (AvgIpc) is 3.73. The van der Waals surface area contributed by atoms with Crippen LogP contribution in [-0.2, 0) is 0 Å². The van der Waals surface area contributed by atoms with E-state index in [9.17, 15) is 0 Å². The van der Waals surface area contributed by atoms with Gasteiger partial charge in [-0.2, -0.15) is 0 Å². The molecule has 5 saturated heterocycles. The van der Waals surface area contributed by atoms with E-state index in [1.807, 2.05) is 0 Å². The van der Waals surface area contributed by atoms with Crippen LogP contribution in [0.3, 0.4) is 0 Å². The summed E-state index contributed by atoms with van der Waals surface area (Å²) < 4.78 is 0. The molecule has 9 rings (SSSR count). The molecule has 4 aliphatic carbocycles. The van der Waals surface area contributed by atoms with Gasteiger partial charge in [-0.15, -0.1) is 0 Å². The van der Waals surface area contributed by atoms with Gasteiger partial charge in [0.05, 0.1) is 49.3 Å². The van der Waals surface area contributed by atoms with Crippen molar-refractivity contribution in [3.05, 3.63) is 0 Å². The number of hydrogen-bond donors (Lipinski definition) is 8. The van der Waals surface area contributed by atoms with Gasteiger partial charge in [0, 0.05) is 0 Å². The normalized spacial score (nSPS) is 56.2. The van der Waals surface area contributed by atoms with Crippen molar-refractivity contribution in [2.24, 2.45) is 47.3 Å². The summed E-state index contributed by atoms with van der Waals surface area (Å²) in [6.07, 6.45) is 25.6. The molecule has 8 nitrogen and oxygen atoms in total. The van der Waals surface area contributed by atoms with E-state index in [1.54, 1.807) is 0 Å². The first-order chi connectivity index (χ1) is 19.8. The summed E-state index contributed by atoms with van der Waals surface area (Å²) in [6, 6.07) is 0. The van der Waals surface area contributed by atoms with Gasteiger partial charge < -0.3 is 2.85 Å². The van der Waals surface area contributed by atoms with Crippen LogP contribution < -0.4 is 42.5 Å². The first-order valence-corrected chi connectivity index (χ1v) is 17.9. The molecule has 0 radical (unpaired) electrons. The van der Waals surface area contributed by atoms with E-state index >= 15 is 0 Å². The van der Waals surface area contributed by atoms with Crippen LogP contribution in [0.5, 0.6) is 0 Å². The Morgan fingerprint density at radius 3 is 0.488 bits per heavy atom. The quantitative estimate of drug-likeness (QED) is 0.208. The van der Waals surface area contributed by atoms with Crippen LogP contribution in [0.25, 0.3) is 0 Å². The molecule has 8 N–H and O–H groups in total. The fourth-order valence-corrected chi connectivity index (χ4v) is 12.0. The molecule has 5 heterocycles. The molecule has 41 heavy (non-hydrogen) atoms. The van der Waals surface area contributed by atoms with Crippen LogP contribution in [-0.4, -0.2) is 72.4 Å². The molecule has 0 aromatic rings. The summed E-state index contributed by atoms with van der Waals surface area (Å²) in [5, 5.41) is 33.8. The van der Waals surface area contributed by atoms with Gasteiger partial charge in [0.25, 0.3) is 0 Å². The molecule has 0 amide bonds. The second-order valence-corrected chi connectivity index (χ2v) is 15.6. The van der Waals surface area contributed by atoms with E-state index in [-0.39, 0.29) is 25.9 Å². The van der Waals surface area contributed by atoms with Crippen molar-refractivity contribution in [2.45, 2.75) is 152 Å². The SMILES string of the molecule is C1CCC2C3NC(NC4NC(NC5NC(NC6NC(N3)C3CCCCC63)C3CCCCC53)C3CCCCC43)C2C1.[H-].[H-].[Mg+2]. The predicted octanol–water partition coefficient (Wildman–Crippen LogP) is 2.45. The van der Waals surface area contributed by atoms with E-state index in [1.165, 1.54) is 103 Å². The van der Waals surface area contributed by atoms with Gasteiger partial charge in [-0.25, -0.2) is 0 Å². The Morgan fingerprint density at radius 2 is 0.366 bits per heavy atom. The van der Waals surface area contributed by atoms with Crippen molar-refractivity contribution in [3.63, 3.8) is 0 Å². The number of nitrogens with one attached hydrogen (secondary N) is 8. The van der Waals surface area contributed by atoms with Crippen molar-refractivity contribution in [2.75, 3.05) is 0 Å². The van der Waals surface area contributed by atoms with Gasteiger partial charge in [-0.3, -0.25) is 42.5 Å². The largest absolute Gasteiger partial charge is 2.00 e. The van der Waals surface area contributed by atoms with Crippen LogP contribution in [0, 0.1) is 47.3 Å². The maximum absolute atomic E-state index is 4.26. The van der Waals surface area contributed by atoms with E-state index in [4.69, 9.17) is 0 Å². The van der Waals surface area contributed by atoms with Gasteiger partial charge in [0.1, 0.15) is 0 Å².